The lowest BCUT2D eigenvalue weighted by Gasteiger charge is -2.10. The third kappa shape index (κ3) is 3.14. The van der Waals surface area contributed by atoms with Gasteiger partial charge < -0.3 is 11.1 Å². The maximum absolute atomic E-state index is 5.77. The van der Waals surface area contributed by atoms with Crippen LogP contribution >= 0.6 is 23.4 Å². The molecule has 4 nitrogen and oxygen atoms in total. The number of nitrogens with zero attached hydrogens (tertiary/aromatic N) is 2. The number of nitrogens with two attached hydrogens (primary N) is 1. The van der Waals surface area contributed by atoms with E-state index in [2.05, 4.69) is 15.3 Å². The summed E-state index contributed by atoms with van der Waals surface area (Å²) in [6, 6.07) is 1.69. The summed E-state index contributed by atoms with van der Waals surface area (Å²) in [5, 5.41) is 4.29. The van der Waals surface area contributed by atoms with Crippen molar-refractivity contribution in [1.29, 1.82) is 0 Å². The molecule has 0 aliphatic carbocycles. The minimum absolute atomic E-state index is 0.212. The molecule has 0 spiro atoms. The van der Waals surface area contributed by atoms with Crippen LogP contribution in [0.15, 0.2) is 6.07 Å². The van der Waals surface area contributed by atoms with E-state index in [9.17, 15) is 0 Å². The number of thioether (sulfide) groups is 1. The number of nitrogens with one attached hydrogen (secondary N) is 1. The standard InChI is InChI=1S/C9H13ClN4S/c10-7-4-8(14-9(11)13-7)12-5-6-2-1-3-15-6/h4,6H,1-3,5H2,(H3,11,12,13,14). The maximum Gasteiger partial charge on any atom is 0.223 e. The largest absolute Gasteiger partial charge is 0.369 e. The third-order valence-corrected chi connectivity index (χ3v) is 3.84. The first kappa shape index (κ1) is 10.8. The van der Waals surface area contributed by atoms with Gasteiger partial charge in [-0.2, -0.15) is 16.7 Å². The van der Waals surface area contributed by atoms with E-state index in [-0.39, 0.29) is 5.95 Å². The highest BCUT2D eigenvalue weighted by molar-refractivity contribution is 8.00. The number of halogens is 1. The normalized spacial score (nSPS) is 20.5. The van der Waals surface area contributed by atoms with Gasteiger partial charge in [-0.25, -0.2) is 4.98 Å². The van der Waals surface area contributed by atoms with Gasteiger partial charge in [0.15, 0.2) is 0 Å². The number of hydrogen-bond acceptors (Lipinski definition) is 5. The maximum atomic E-state index is 5.77. The molecule has 3 N–H and O–H groups in total. The van der Waals surface area contributed by atoms with Gasteiger partial charge in [-0.3, -0.25) is 0 Å². The molecule has 0 amide bonds. The summed E-state index contributed by atoms with van der Waals surface area (Å²) < 4.78 is 0. The molecule has 2 heterocycles. The Morgan fingerprint density at radius 1 is 1.60 bits per heavy atom. The van der Waals surface area contributed by atoms with Gasteiger partial charge in [0.25, 0.3) is 0 Å². The van der Waals surface area contributed by atoms with E-state index in [1.54, 1.807) is 6.07 Å². The van der Waals surface area contributed by atoms with Crippen LogP contribution < -0.4 is 11.1 Å². The van der Waals surface area contributed by atoms with Crippen molar-refractivity contribution >= 4 is 35.1 Å². The lowest BCUT2D eigenvalue weighted by molar-refractivity contribution is 0.803. The first-order valence-electron chi connectivity index (χ1n) is 4.89. The highest BCUT2D eigenvalue weighted by Gasteiger charge is 2.15. The molecule has 15 heavy (non-hydrogen) atoms. The number of aromatic nitrogens is 2. The quantitative estimate of drug-likeness (QED) is 0.797. The SMILES string of the molecule is Nc1nc(Cl)cc(NCC2CCCS2)n1. The Kier molecular flexibility index (Phi) is 3.53. The molecule has 0 saturated carbocycles. The molecule has 1 aliphatic rings. The highest BCUT2D eigenvalue weighted by atomic mass is 35.5. The van der Waals surface area contributed by atoms with Crippen LogP contribution in [-0.4, -0.2) is 27.5 Å². The third-order valence-electron chi connectivity index (χ3n) is 2.25. The fraction of sp³-hybridized carbons (Fsp3) is 0.556. The van der Waals surface area contributed by atoms with Gasteiger partial charge in [0.2, 0.25) is 5.95 Å². The van der Waals surface area contributed by atoms with Gasteiger partial charge in [0.1, 0.15) is 11.0 Å². The fourth-order valence-electron chi connectivity index (χ4n) is 1.55. The van der Waals surface area contributed by atoms with Crippen molar-refractivity contribution < 1.29 is 0 Å². The Hall–Kier alpha value is -0.680. The van der Waals surface area contributed by atoms with Crippen LogP contribution in [0.2, 0.25) is 5.15 Å². The van der Waals surface area contributed by atoms with E-state index in [0.717, 1.165) is 6.54 Å². The van der Waals surface area contributed by atoms with Crippen molar-refractivity contribution in [3.05, 3.63) is 11.2 Å². The minimum atomic E-state index is 0.212. The zero-order valence-corrected chi connectivity index (χ0v) is 9.81. The molecule has 1 saturated heterocycles. The summed E-state index contributed by atoms with van der Waals surface area (Å²) in [4.78, 5) is 7.86. The molecule has 1 aromatic rings. The van der Waals surface area contributed by atoms with Crippen LogP contribution in [0.1, 0.15) is 12.8 Å². The van der Waals surface area contributed by atoms with Crippen molar-refractivity contribution in [2.24, 2.45) is 0 Å². The molecular weight excluding hydrogens is 232 g/mol. The average molecular weight is 245 g/mol. The Morgan fingerprint density at radius 3 is 3.13 bits per heavy atom. The van der Waals surface area contributed by atoms with E-state index in [4.69, 9.17) is 17.3 Å². The van der Waals surface area contributed by atoms with Gasteiger partial charge in [0.05, 0.1) is 0 Å². The molecule has 1 atom stereocenters. The zero-order valence-electron chi connectivity index (χ0n) is 8.24. The van der Waals surface area contributed by atoms with Crippen molar-refractivity contribution in [2.75, 3.05) is 23.3 Å². The Labute approximate surface area is 98.0 Å². The van der Waals surface area contributed by atoms with E-state index in [1.807, 2.05) is 11.8 Å². The Balaban J connectivity index is 1.92. The van der Waals surface area contributed by atoms with Crippen LogP contribution in [0.25, 0.3) is 0 Å². The fourth-order valence-corrected chi connectivity index (χ4v) is 2.94. The molecule has 0 bridgehead atoms. The second-order valence-corrected chi connectivity index (χ2v) is 5.25. The Bertz CT molecular complexity index is 321. The van der Waals surface area contributed by atoms with Crippen LogP contribution in [-0.2, 0) is 0 Å². The van der Waals surface area contributed by atoms with Crippen molar-refractivity contribution in [3.8, 4) is 0 Å². The van der Waals surface area contributed by atoms with E-state index >= 15 is 0 Å². The summed E-state index contributed by atoms with van der Waals surface area (Å²) in [7, 11) is 0. The predicted molar refractivity (Wildman–Crippen MR) is 65.4 cm³/mol. The van der Waals surface area contributed by atoms with E-state index in [1.165, 1.54) is 18.6 Å². The van der Waals surface area contributed by atoms with Crippen molar-refractivity contribution in [3.63, 3.8) is 0 Å². The molecule has 2 rings (SSSR count). The molecule has 1 aromatic heterocycles. The van der Waals surface area contributed by atoms with Crippen LogP contribution in [0, 0.1) is 0 Å². The van der Waals surface area contributed by atoms with Crippen molar-refractivity contribution in [2.45, 2.75) is 18.1 Å². The molecule has 0 aromatic carbocycles. The summed E-state index contributed by atoms with van der Waals surface area (Å²) in [5.41, 5.74) is 5.49. The number of hydrogen-bond donors (Lipinski definition) is 2. The first-order chi connectivity index (χ1) is 7.24. The van der Waals surface area contributed by atoms with Crippen LogP contribution in [0.5, 0.6) is 0 Å². The second-order valence-electron chi connectivity index (χ2n) is 3.45. The van der Waals surface area contributed by atoms with Crippen molar-refractivity contribution in [1.82, 2.24) is 9.97 Å². The average Bonchev–Trinajstić information content (AvgIpc) is 2.65. The van der Waals surface area contributed by atoms with Gasteiger partial charge in [0, 0.05) is 17.9 Å². The molecule has 1 aliphatic heterocycles. The highest BCUT2D eigenvalue weighted by Crippen LogP contribution is 2.26. The topological polar surface area (TPSA) is 63.8 Å². The van der Waals surface area contributed by atoms with Gasteiger partial charge in [-0.1, -0.05) is 11.6 Å². The number of nitrogen functional groups attached to an aromatic ring is 1. The zero-order chi connectivity index (χ0) is 10.7. The number of rotatable bonds is 3. The Morgan fingerprint density at radius 2 is 2.47 bits per heavy atom. The smallest absolute Gasteiger partial charge is 0.223 e. The summed E-state index contributed by atoms with van der Waals surface area (Å²) in [6.07, 6.45) is 2.58. The van der Waals surface area contributed by atoms with E-state index in [0.29, 0.717) is 16.2 Å². The van der Waals surface area contributed by atoms with E-state index < -0.39 is 0 Å². The van der Waals surface area contributed by atoms with Gasteiger partial charge in [-0.15, -0.1) is 0 Å². The molecule has 82 valence electrons. The van der Waals surface area contributed by atoms with Gasteiger partial charge in [-0.05, 0) is 18.6 Å². The summed E-state index contributed by atoms with van der Waals surface area (Å²) in [5.74, 6) is 2.18. The minimum Gasteiger partial charge on any atom is -0.369 e. The molecular formula is C9H13ClN4S. The van der Waals surface area contributed by atoms with Gasteiger partial charge >= 0.3 is 0 Å². The molecule has 6 heteroatoms. The molecule has 0 radical (unpaired) electrons. The van der Waals surface area contributed by atoms with Crippen LogP contribution in [0.3, 0.4) is 0 Å². The predicted octanol–water partition coefficient (Wildman–Crippen LogP) is 2.02. The number of anilines is 2. The molecule has 1 fully saturated rings. The second kappa shape index (κ2) is 4.90. The lowest BCUT2D eigenvalue weighted by atomic mass is 10.2. The summed E-state index contributed by atoms with van der Waals surface area (Å²) in [6.45, 7) is 0.914. The lowest BCUT2D eigenvalue weighted by Crippen LogP contribution is -2.15. The monoisotopic (exact) mass is 244 g/mol. The first-order valence-corrected chi connectivity index (χ1v) is 6.32. The van der Waals surface area contributed by atoms with Crippen LogP contribution in [0.4, 0.5) is 11.8 Å². The summed E-state index contributed by atoms with van der Waals surface area (Å²) >= 11 is 7.77. The molecule has 1 unspecified atom stereocenters.